The number of nitrogens with zero attached hydrogens (tertiary/aromatic N) is 2. The quantitative estimate of drug-likeness (QED) is 0.347. The minimum Gasteiger partial charge on any atom is -0.444 e. The number of carbonyl (C=O) groups is 1. The molecule has 0 saturated carbocycles. The number of alkyl carbamates (subject to hydrolysis) is 1. The molecule has 1 saturated heterocycles. The maximum Gasteiger partial charge on any atom is 0.407 e. The molecule has 1 unspecified atom stereocenters. The van der Waals surface area contributed by atoms with E-state index in [2.05, 4.69) is 32.8 Å². The first-order valence-electron chi connectivity index (χ1n) is 10.0. The lowest BCUT2D eigenvalue weighted by Crippen LogP contribution is -2.42. The summed E-state index contributed by atoms with van der Waals surface area (Å²) in [6, 6.07) is 0. The summed E-state index contributed by atoms with van der Waals surface area (Å²) in [5, 5.41) is 9.21. The highest BCUT2D eigenvalue weighted by Gasteiger charge is 2.16. The molecule has 1 aliphatic heterocycles. The Morgan fingerprint density at radius 1 is 1.23 bits per heavy atom. The summed E-state index contributed by atoms with van der Waals surface area (Å²) in [5.41, 5.74) is -0.472. The fourth-order valence-corrected chi connectivity index (χ4v) is 2.98. The summed E-state index contributed by atoms with van der Waals surface area (Å²) in [4.78, 5) is 18.8. The predicted molar refractivity (Wildman–Crippen MR) is 108 cm³/mol. The van der Waals surface area contributed by atoms with E-state index in [-0.39, 0.29) is 0 Å². The van der Waals surface area contributed by atoms with Gasteiger partial charge in [-0.2, -0.15) is 0 Å². The first-order chi connectivity index (χ1) is 12.3. The van der Waals surface area contributed by atoms with Crippen LogP contribution in [0, 0.1) is 5.92 Å². The molecule has 0 radical (unpaired) electrons. The Balaban J connectivity index is 2.20. The lowest BCUT2D eigenvalue weighted by Gasteiger charge is -2.30. The summed E-state index contributed by atoms with van der Waals surface area (Å²) >= 11 is 0. The number of likely N-dealkylation sites (tertiary alicyclic amines) is 1. The number of ether oxygens (including phenoxy) is 1. The van der Waals surface area contributed by atoms with Crippen molar-refractivity contribution in [2.45, 2.75) is 59.5 Å². The minimum absolute atomic E-state index is 0.392. The van der Waals surface area contributed by atoms with Crippen LogP contribution in [0.5, 0.6) is 0 Å². The number of nitrogens with one attached hydrogen (secondary N) is 3. The molecule has 1 amide bonds. The van der Waals surface area contributed by atoms with Crippen molar-refractivity contribution in [3.63, 3.8) is 0 Å². The van der Waals surface area contributed by atoms with E-state index in [0.29, 0.717) is 13.1 Å². The molecule has 3 N–H and O–H groups in total. The Morgan fingerprint density at radius 2 is 1.96 bits per heavy atom. The molecule has 1 rings (SSSR count). The van der Waals surface area contributed by atoms with E-state index in [1.54, 1.807) is 0 Å². The Morgan fingerprint density at radius 3 is 2.62 bits per heavy atom. The van der Waals surface area contributed by atoms with Crippen LogP contribution in [0.1, 0.15) is 53.9 Å². The standard InChI is InChI=1S/C19H39N5O2/c1-6-20-17(22-11-12-23-18(25)26-19(3,4)5)21-10-8-14-24-13-7-9-16(2)15-24/h16H,6-15H2,1-5H3,(H,23,25)(H2,20,21,22). The molecule has 152 valence electrons. The molecule has 26 heavy (non-hydrogen) atoms. The Kier molecular flexibility index (Phi) is 10.4. The first kappa shape index (κ1) is 22.5. The summed E-state index contributed by atoms with van der Waals surface area (Å²) in [6.45, 7) is 16.2. The van der Waals surface area contributed by atoms with Crippen molar-refractivity contribution < 1.29 is 9.53 Å². The van der Waals surface area contributed by atoms with Crippen LogP contribution in [0.25, 0.3) is 0 Å². The van der Waals surface area contributed by atoms with Crippen LogP contribution in [-0.4, -0.2) is 68.4 Å². The van der Waals surface area contributed by atoms with Crippen molar-refractivity contribution in [3.05, 3.63) is 0 Å². The van der Waals surface area contributed by atoms with Crippen LogP contribution in [-0.2, 0) is 4.74 Å². The largest absolute Gasteiger partial charge is 0.444 e. The van der Waals surface area contributed by atoms with Gasteiger partial charge < -0.3 is 25.6 Å². The molecule has 1 aliphatic rings. The zero-order valence-corrected chi connectivity index (χ0v) is 17.4. The van der Waals surface area contributed by atoms with Crippen LogP contribution < -0.4 is 16.0 Å². The molecule has 0 aliphatic carbocycles. The maximum atomic E-state index is 11.6. The molecule has 7 nitrogen and oxygen atoms in total. The monoisotopic (exact) mass is 369 g/mol. The van der Waals surface area contributed by atoms with Crippen molar-refractivity contribution in [1.82, 2.24) is 20.9 Å². The van der Waals surface area contributed by atoms with Gasteiger partial charge in [0.15, 0.2) is 5.96 Å². The number of amides is 1. The van der Waals surface area contributed by atoms with Gasteiger partial charge in [-0.1, -0.05) is 6.92 Å². The normalized spacial score (nSPS) is 19.1. The van der Waals surface area contributed by atoms with Gasteiger partial charge in [0.2, 0.25) is 0 Å². The van der Waals surface area contributed by atoms with Crippen LogP contribution >= 0.6 is 0 Å². The van der Waals surface area contributed by atoms with Gasteiger partial charge in [-0.15, -0.1) is 0 Å². The van der Waals surface area contributed by atoms with Crippen LogP contribution in [0.2, 0.25) is 0 Å². The summed E-state index contributed by atoms with van der Waals surface area (Å²) in [5.74, 6) is 1.62. The van der Waals surface area contributed by atoms with Crippen LogP contribution in [0.3, 0.4) is 0 Å². The fourth-order valence-electron chi connectivity index (χ4n) is 2.98. The number of aliphatic imine (C=N–C) groups is 1. The SMILES string of the molecule is CCNC(=NCCCN1CCCC(C)C1)NCCNC(=O)OC(C)(C)C. The van der Waals surface area contributed by atoms with Gasteiger partial charge in [-0.25, -0.2) is 4.79 Å². The third kappa shape index (κ3) is 11.2. The van der Waals surface area contributed by atoms with Crippen molar-refractivity contribution in [3.8, 4) is 0 Å². The van der Waals surface area contributed by atoms with Crippen molar-refractivity contribution in [1.29, 1.82) is 0 Å². The molecule has 0 bridgehead atoms. The van der Waals surface area contributed by atoms with Gasteiger partial charge in [0, 0.05) is 32.7 Å². The fraction of sp³-hybridized carbons (Fsp3) is 0.895. The molecule has 0 aromatic carbocycles. The predicted octanol–water partition coefficient (Wildman–Crippen LogP) is 2.19. The molecule has 0 aromatic heterocycles. The second-order valence-corrected chi connectivity index (χ2v) is 8.02. The Hall–Kier alpha value is -1.50. The number of hydrogen-bond acceptors (Lipinski definition) is 4. The van der Waals surface area contributed by atoms with E-state index in [9.17, 15) is 4.79 Å². The summed E-state index contributed by atoms with van der Waals surface area (Å²) in [7, 11) is 0. The number of piperidine rings is 1. The second-order valence-electron chi connectivity index (χ2n) is 8.02. The van der Waals surface area contributed by atoms with E-state index >= 15 is 0 Å². The second kappa shape index (κ2) is 12.0. The molecular formula is C19H39N5O2. The molecular weight excluding hydrogens is 330 g/mol. The number of carbonyl (C=O) groups excluding carboxylic acids is 1. The lowest BCUT2D eigenvalue weighted by molar-refractivity contribution is 0.0529. The molecule has 7 heteroatoms. The highest BCUT2D eigenvalue weighted by Crippen LogP contribution is 2.15. The zero-order valence-electron chi connectivity index (χ0n) is 17.4. The summed E-state index contributed by atoms with van der Waals surface area (Å²) in [6.07, 6.45) is 3.36. The highest BCUT2D eigenvalue weighted by molar-refractivity contribution is 5.79. The average molecular weight is 370 g/mol. The third-order valence-corrected chi connectivity index (χ3v) is 4.07. The first-order valence-corrected chi connectivity index (χ1v) is 10.0. The van der Waals surface area contributed by atoms with Gasteiger partial charge in [0.05, 0.1) is 0 Å². The zero-order chi connectivity index (χ0) is 19.4. The minimum atomic E-state index is -0.472. The topological polar surface area (TPSA) is 78.0 Å². The van der Waals surface area contributed by atoms with E-state index in [0.717, 1.165) is 37.9 Å². The van der Waals surface area contributed by atoms with Gasteiger partial charge in [0.1, 0.15) is 5.60 Å². The van der Waals surface area contributed by atoms with E-state index < -0.39 is 11.7 Å². The Bertz CT molecular complexity index is 434. The number of rotatable bonds is 8. The van der Waals surface area contributed by atoms with Gasteiger partial charge >= 0.3 is 6.09 Å². The van der Waals surface area contributed by atoms with Crippen LogP contribution in [0.4, 0.5) is 4.79 Å². The van der Waals surface area contributed by atoms with E-state index in [1.165, 1.54) is 25.9 Å². The number of hydrogen-bond donors (Lipinski definition) is 3. The molecule has 0 aromatic rings. The molecule has 1 atom stereocenters. The van der Waals surface area contributed by atoms with E-state index in [4.69, 9.17) is 4.74 Å². The van der Waals surface area contributed by atoms with E-state index in [1.807, 2.05) is 27.7 Å². The number of guanidine groups is 1. The van der Waals surface area contributed by atoms with Gasteiger partial charge in [-0.3, -0.25) is 4.99 Å². The third-order valence-electron chi connectivity index (χ3n) is 4.07. The van der Waals surface area contributed by atoms with Crippen molar-refractivity contribution in [2.24, 2.45) is 10.9 Å². The summed E-state index contributed by atoms with van der Waals surface area (Å²) < 4.78 is 5.21. The van der Waals surface area contributed by atoms with Crippen molar-refractivity contribution in [2.75, 3.05) is 45.8 Å². The van der Waals surface area contributed by atoms with Gasteiger partial charge in [0.25, 0.3) is 0 Å². The molecule has 0 spiro atoms. The smallest absolute Gasteiger partial charge is 0.407 e. The van der Waals surface area contributed by atoms with Crippen LogP contribution in [0.15, 0.2) is 4.99 Å². The highest BCUT2D eigenvalue weighted by atomic mass is 16.6. The Labute approximate surface area is 159 Å². The lowest BCUT2D eigenvalue weighted by atomic mass is 10.0. The molecule has 1 fully saturated rings. The average Bonchev–Trinajstić information content (AvgIpc) is 2.54. The van der Waals surface area contributed by atoms with Gasteiger partial charge in [-0.05, 0) is 66.0 Å². The molecule has 1 heterocycles. The van der Waals surface area contributed by atoms with Crippen molar-refractivity contribution >= 4 is 12.1 Å². The maximum absolute atomic E-state index is 11.6.